The van der Waals surface area contributed by atoms with Crippen LogP contribution in [0.25, 0.3) is 0 Å². The lowest BCUT2D eigenvalue weighted by Crippen LogP contribution is -2.47. The molecule has 0 aromatic carbocycles. The second-order valence-electron chi connectivity index (χ2n) is 7.37. The van der Waals surface area contributed by atoms with E-state index < -0.39 is 0 Å². The van der Waals surface area contributed by atoms with Crippen molar-refractivity contribution >= 4 is 0 Å². The quantitative estimate of drug-likeness (QED) is 0.712. The Morgan fingerprint density at radius 1 is 1.00 bits per heavy atom. The molecule has 4 aliphatic carbocycles. The van der Waals surface area contributed by atoms with Gasteiger partial charge in [0.05, 0.1) is 6.07 Å². The minimum absolute atomic E-state index is 0.352. The van der Waals surface area contributed by atoms with Crippen LogP contribution in [-0.4, -0.2) is 0 Å². The number of nitrogens with zero attached hydrogens (tertiary/aromatic N) is 1. The average molecular weight is 231 g/mol. The van der Waals surface area contributed by atoms with Crippen LogP contribution in [0.15, 0.2) is 0 Å². The highest BCUT2D eigenvalue weighted by atomic mass is 14.5. The maximum atomic E-state index is 9.51. The highest BCUT2D eigenvalue weighted by Crippen LogP contribution is 2.58. The lowest BCUT2D eigenvalue weighted by molar-refractivity contribution is -0.0548. The van der Waals surface area contributed by atoms with E-state index in [0.717, 1.165) is 36.0 Å². The zero-order chi connectivity index (χ0) is 12.0. The number of hydrogen-bond donors (Lipinski definition) is 0. The van der Waals surface area contributed by atoms with Crippen LogP contribution < -0.4 is 0 Å². The SMILES string of the molecule is CC(C)CC(C#N)C1C2CC3CC(C2)CC1C3. The predicted octanol–water partition coefficient (Wildman–Crippen LogP) is 4.24. The molecule has 0 aromatic heterocycles. The van der Waals surface area contributed by atoms with Crippen LogP contribution in [0.1, 0.15) is 52.4 Å². The van der Waals surface area contributed by atoms with Crippen LogP contribution in [0.5, 0.6) is 0 Å². The summed E-state index contributed by atoms with van der Waals surface area (Å²) >= 11 is 0. The van der Waals surface area contributed by atoms with Gasteiger partial charge in [0.1, 0.15) is 0 Å². The molecule has 4 saturated carbocycles. The molecular formula is C16H25N. The standard InChI is InChI=1S/C16H25N/c1-10(2)3-15(9-17)16-13-5-11-4-12(7-13)8-14(16)6-11/h10-16H,3-8H2,1-2H3. The Morgan fingerprint density at radius 3 is 1.94 bits per heavy atom. The van der Waals surface area contributed by atoms with Gasteiger partial charge in [0.25, 0.3) is 0 Å². The second-order valence-corrected chi connectivity index (χ2v) is 7.37. The summed E-state index contributed by atoms with van der Waals surface area (Å²) in [6, 6.07) is 2.66. The molecule has 1 atom stereocenters. The highest BCUT2D eigenvalue weighted by Gasteiger charge is 2.50. The van der Waals surface area contributed by atoms with Crippen LogP contribution in [-0.2, 0) is 0 Å². The van der Waals surface area contributed by atoms with E-state index in [0.29, 0.717) is 11.8 Å². The second kappa shape index (κ2) is 4.30. The highest BCUT2D eigenvalue weighted by molar-refractivity contribution is 5.04. The molecule has 4 bridgehead atoms. The van der Waals surface area contributed by atoms with Gasteiger partial charge >= 0.3 is 0 Å². The van der Waals surface area contributed by atoms with Crippen molar-refractivity contribution in [1.29, 1.82) is 5.26 Å². The van der Waals surface area contributed by atoms with Gasteiger partial charge < -0.3 is 0 Å². The van der Waals surface area contributed by atoms with Gasteiger partial charge in [-0.3, -0.25) is 0 Å². The average Bonchev–Trinajstić information content (AvgIpc) is 2.25. The summed E-state index contributed by atoms with van der Waals surface area (Å²) in [6.45, 7) is 4.53. The van der Waals surface area contributed by atoms with E-state index in [1.54, 1.807) is 0 Å². The molecule has 17 heavy (non-hydrogen) atoms. The topological polar surface area (TPSA) is 23.8 Å². The van der Waals surface area contributed by atoms with E-state index in [1.165, 1.54) is 32.1 Å². The normalized spacial score (nSPS) is 44.9. The molecule has 4 rings (SSSR count). The number of rotatable bonds is 3. The van der Waals surface area contributed by atoms with Crippen LogP contribution >= 0.6 is 0 Å². The molecule has 1 unspecified atom stereocenters. The lowest BCUT2D eigenvalue weighted by atomic mass is 9.49. The Bertz CT molecular complexity index is 297. The van der Waals surface area contributed by atoms with Gasteiger partial charge in [0.2, 0.25) is 0 Å². The van der Waals surface area contributed by atoms with Gasteiger partial charge in [-0.15, -0.1) is 0 Å². The first-order chi connectivity index (χ1) is 8.17. The molecule has 1 heteroatoms. The van der Waals surface area contributed by atoms with Gasteiger partial charge in [-0.1, -0.05) is 13.8 Å². The van der Waals surface area contributed by atoms with Crippen molar-refractivity contribution in [3.05, 3.63) is 0 Å². The summed E-state index contributed by atoms with van der Waals surface area (Å²) in [4.78, 5) is 0. The summed E-state index contributed by atoms with van der Waals surface area (Å²) in [5.74, 6) is 5.68. The molecule has 0 saturated heterocycles. The number of hydrogen-bond acceptors (Lipinski definition) is 1. The zero-order valence-electron chi connectivity index (χ0n) is 11.2. The largest absolute Gasteiger partial charge is 0.198 e. The molecule has 0 aliphatic heterocycles. The first kappa shape index (κ1) is 11.6. The van der Waals surface area contributed by atoms with Crippen molar-refractivity contribution in [3.8, 4) is 6.07 Å². The fourth-order valence-corrected chi connectivity index (χ4v) is 5.43. The molecule has 4 aliphatic rings. The van der Waals surface area contributed by atoms with Crippen molar-refractivity contribution in [2.45, 2.75) is 52.4 Å². The van der Waals surface area contributed by atoms with Gasteiger partial charge in [-0.2, -0.15) is 5.26 Å². The van der Waals surface area contributed by atoms with E-state index in [4.69, 9.17) is 0 Å². The third kappa shape index (κ3) is 2.01. The van der Waals surface area contributed by atoms with Crippen molar-refractivity contribution < 1.29 is 0 Å². The van der Waals surface area contributed by atoms with Gasteiger partial charge in [0.15, 0.2) is 0 Å². The van der Waals surface area contributed by atoms with Crippen LogP contribution in [0.3, 0.4) is 0 Å². The smallest absolute Gasteiger partial charge is 0.0659 e. The first-order valence-corrected chi connectivity index (χ1v) is 7.57. The summed E-state index contributed by atoms with van der Waals surface area (Å²) < 4.78 is 0. The molecule has 0 radical (unpaired) electrons. The summed E-state index contributed by atoms with van der Waals surface area (Å²) in [7, 11) is 0. The molecular weight excluding hydrogens is 206 g/mol. The molecule has 94 valence electrons. The molecule has 0 aromatic rings. The Balaban J connectivity index is 1.76. The molecule has 0 amide bonds. The fraction of sp³-hybridized carbons (Fsp3) is 0.938. The van der Waals surface area contributed by atoms with E-state index in [2.05, 4.69) is 19.9 Å². The van der Waals surface area contributed by atoms with E-state index in [9.17, 15) is 5.26 Å². The fourth-order valence-electron chi connectivity index (χ4n) is 5.43. The molecule has 4 fully saturated rings. The maximum absolute atomic E-state index is 9.51. The molecule has 0 heterocycles. The zero-order valence-corrected chi connectivity index (χ0v) is 11.2. The minimum Gasteiger partial charge on any atom is -0.198 e. The summed E-state index contributed by atoms with van der Waals surface area (Å²) in [5.41, 5.74) is 0. The van der Waals surface area contributed by atoms with Gasteiger partial charge in [-0.05, 0) is 74.0 Å². The predicted molar refractivity (Wildman–Crippen MR) is 69.1 cm³/mol. The van der Waals surface area contributed by atoms with Crippen molar-refractivity contribution in [1.82, 2.24) is 0 Å². The van der Waals surface area contributed by atoms with Crippen molar-refractivity contribution in [3.63, 3.8) is 0 Å². The number of nitriles is 1. The molecule has 1 nitrogen and oxygen atoms in total. The van der Waals surface area contributed by atoms with Gasteiger partial charge in [0, 0.05) is 5.92 Å². The van der Waals surface area contributed by atoms with E-state index in [-0.39, 0.29) is 0 Å². The van der Waals surface area contributed by atoms with E-state index >= 15 is 0 Å². The Kier molecular flexibility index (Phi) is 2.93. The minimum atomic E-state index is 0.352. The third-order valence-electron chi connectivity index (χ3n) is 5.66. The monoisotopic (exact) mass is 231 g/mol. The summed E-state index contributed by atoms with van der Waals surface area (Å²) in [6.07, 6.45) is 8.45. The Hall–Kier alpha value is -0.510. The van der Waals surface area contributed by atoms with E-state index in [1.807, 2.05) is 0 Å². The lowest BCUT2D eigenvalue weighted by Gasteiger charge is -2.55. The van der Waals surface area contributed by atoms with Crippen molar-refractivity contribution in [2.24, 2.45) is 41.4 Å². The Morgan fingerprint density at radius 2 is 1.53 bits per heavy atom. The van der Waals surface area contributed by atoms with Crippen LogP contribution in [0.4, 0.5) is 0 Å². The Labute approximate surface area is 106 Å². The maximum Gasteiger partial charge on any atom is 0.0659 e. The van der Waals surface area contributed by atoms with Crippen LogP contribution in [0, 0.1) is 52.8 Å². The van der Waals surface area contributed by atoms with Gasteiger partial charge in [-0.25, -0.2) is 0 Å². The third-order valence-corrected chi connectivity index (χ3v) is 5.66. The molecule has 0 spiro atoms. The van der Waals surface area contributed by atoms with Crippen molar-refractivity contribution in [2.75, 3.05) is 0 Å². The summed E-state index contributed by atoms with van der Waals surface area (Å²) in [5, 5.41) is 9.51. The van der Waals surface area contributed by atoms with Crippen LogP contribution in [0.2, 0.25) is 0 Å². The molecule has 0 N–H and O–H groups in total. The first-order valence-electron chi connectivity index (χ1n) is 7.57.